The van der Waals surface area contributed by atoms with Crippen molar-refractivity contribution in [2.45, 2.75) is 13.5 Å². The van der Waals surface area contributed by atoms with E-state index < -0.39 is 0 Å². The van der Waals surface area contributed by atoms with E-state index in [4.69, 9.17) is 13.9 Å². The molecule has 0 saturated heterocycles. The van der Waals surface area contributed by atoms with E-state index in [-0.39, 0.29) is 5.43 Å². The lowest BCUT2D eigenvalue weighted by atomic mass is 10.2. The minimum Gasteiger partial charge on any atom is -0.496 e. The molecule has 1 heterocycles. The van der Waals surface area contributed by atoms with Gasteiger partial charge in [0, 0.05) is 18.2 Å². The molecule has 0 spiro atoms. The van der Waals surface area contributed by atoms with E-state index in [0.29, 0.717) is 34.8 Å². The van der Waals surface area contributed by atoms with Crippen molar-refractivity contribution < 1.29 is 13.9 Å². The van der Waals surface area contributed by atoms with E-state index in [1.54, 1.807) is 19.1 Å². The molecular formula is C18H16O4. The molecule has 0 aliphatic heterocycles. The fourth-order valence-electron chi connectivity index (χ4n) is 2.33. The summed E-state index contributed by atoms with van der Waals surface area (Å²) in [6, 6.07) is 14.7. The van der Waals surface area contributed by atoms with Crippen LogP contribution in [0.2, 0.25) is 0 Å². The molecule has 0 bridgehead atoms. The molecule has 112 valence electrons. The molecule has 0 aliphatic carbocycles. The summed E-state index contributed by atoms with van der Waals surface area (Å²) in [5.41, 5.74) is 1.41. The second-order valence-corrected chi connectivity index (χ2v) is 4.99. The second kappa shape index (κ2) is 5.93. The van der Waals surface area contributed by atoms with Gasteiger partial charge < -0.3 is 13.9 Å². The van der Waals surface area contributed by atoms with Crippen molar-refractivity contribution in [2.24, 2.45) is 0 Å². The molecule has 0 fully saturated rings. The van der Waals surface area contributed by atoms with Crippen LogP contribution in [0.15, 0.2) is 57.7 Å². The van der Waals surface area contributed by atoms with Gasteiger partial charge in [0.15, 0.2) is 5.43 Å². The summed E-state index contributed by atoms with van der Waals surface area (Å²) in [6.07, 6.45) is 0. The smallest absolute Gasteiger partial charge is 0.196 e. The molecule has 3 rings (SSSR count). The van der Waals surface area contributed by atoms with Gasteiger partial charge in [-0.2, -0.15) is 0 Å². The molecule has 0 atom stereocenters. The van der Waals surface area contributed by atoms with Crippen molar-refractivity contribution in [3.05, 3.63) is 70.1 Å². The minimum atomic E-state index is -0.120. The number of rotatable bonds is 4. The van der Waals surface area contributed by atoms with E-state index in [0.717, 1.165) is 5.56 Å². The molecule has 1 aromatic heterocycles. The zero-order chi connectivity index (χ0) is 15.5. The van der Waals surface area contributed by atoms with Crippen molar-refractivity contribution >= 4 is 11.0 Å². The van der Waals surface area contributed by atoms with Crippen LogP contribution in [0.5, 0.6) is 11.5 Å². The Morgan fingerprint density at radius 3 is 2.59 bits per heavy atom. The number of hydrogen-bond acceptors (Lipinski definition) is 4. The number of aryl methyl sites for hydroxylation is 1. The van der Waals surface area contributed by atoms with Crippen LogP contribution in [0.4, 0.5) is 0 Å². The summed E-state index contributed by atoms with van der Waals surface area (Å²) in [5, 5.41) is 0.431. The van der Waals surface area contributed by atoms with Crippen LogP contribution in [-0.4, -0.2) is 7.11 Å². The van der Waals surface area contributed by atoms with Crippen LogP contribution in [0, 0.1) is 6.92 Å². The van der Waals surface area contributed by atoms with E-state index >= 15 is 0 Å². The highest BCUT2D eigenvalue weighted by molar-refractivity contribution is 5.85. The largest absolute Gasteiger partial charge is 0.496 e. The van der Waals surface area contributed by atoms with E-state index in [2.05, 4.69) is 0 Å². The fourth-order valence-corrected chi connectivity index (χ4v) is 2.33. The molecule has 0 aliphatic rings. The van der Waals surface area contributed by atoms with Gasteiger partial charge >= 0.3 is 0 Å². The first-order valence-electron chi connectivity index (χ1n) is 6.96. The van der Waals surface area contributed by atoms with Gasteiger partial charge in [0.25, 0.3) is 0 Å². The van der Waals surface area contributed by atoms with Crippen molar-refractivity contribution in [1.29, 1.82) is 0 Å². The van der Waals surface area contributed by atoms with Crippen molar-refractivity contribution in [2.75, 3.05) is 7.11 Å². The highest BCUT2D eigenvalue weighted by Gasteiger charge is 2.12. The molecule has 0 amide bonds. The standard InChI is InChI=1S/C18H16O4/c1-12-8-15(19)18-16(20-2)9-14(10-17(18)22-12)21-11-13-6-4-3-5-7-13/h3-10H,11H2,1-2H3. The number of benzene rings is 2. The summed E-state index contributed by atoms with van der Waals surface area (Å²) >= 11 is 0. The number of hydrogen-bond donors (Lipinski definition) is 0. The lowest BCUT2D eigenvalue weighted by molar-refractivity contribution is 0.304. The van der Waals surface area contributed by atoms with Crippen LogP contribution in [0.3, 0.4) is 0 Å². The molecule has 0 N–H and O–H groups in total. The zero-order valence-electron chi connectivity index (χ0n) is 12.5. The van der Waals surface area contributed by atoms with Crippen molar-refractivity contribution in [3.63, 3.8) is 0 Å². The summed E-state index contributed by atoms with van der Waals surface area (Å²) in [6.45, 7) is 2.18. The molecule has 3 aromatic rings. The summed E-state index contributed by atoms with van der Waals surface area (Å²) in [7, 11) is 1.52. The van der Waals surface area contributed by atoms with E-state index in [1.807, 2.05) is 30.3 Å². The van der Waals surface area contributed by atoms with Gasteiger partial charge in [0.1, 0.15) is 34.8 Å². The lowest BCUT2D eigenvalue weighted by Gasteiger charge is -2.10. The summed E-state index contributed by atoms with van der Waals surface area (Å²) < 4.78 is 16.7. The van der Waals surface area contributed by atoms with Crippen LogP contribution in [-0.2, 0) is 6.61 Å². The van der Waals surface area contributed by atoms with Crippen molar-refractivity contribution in [3.8, 4) is 11.5 Å². The van der Waals surface area contributed by atoms with Gasteiger partial charge in [-0.3, -0.25) is 4.79 Å². The van der Waals surface area contributed by atoms with Crippen LogP contribution >= 0.6 is 0 Å². The molecule has 0 unspecified atom stereocenters. The SMILES string of the molecule is COc1cc(OCc2ccccc2)cc2oc(C)cc(=O)c12. The maximum absolute atomic E-state index is 12.1. The predicted octanol–water partition coefficient (Wildman–Crippen LogP) is 3.69. The van der Waals surface area contributed by atoms with Gasteiger partial charge in [0.05, 0.1) is 7.11 Å². The third-order valence-electron chi connectivity index (χ3n) is 3.36. The maximum atomic E-state index is 12.1. The highest BCUT2D eigenvalue weighted by Crippen LogP contribution is 2.29. The monoisotopic (exact) mass is 296 g/mol. The van der Waals surface area contributed by atoms with E-state index in [9.17, 15) is 4.79 Å². The molecule has 0 radical (unpaired) electrons. The lowest BCUT2D eigenvalue weighted by Crippen LogP contribution is -2.03. The van der Waals surface area contributed by atoms with Gasteiger partial charge in [0.2, 0.25) is 0 Å². The van der Waals surface area contributed by atoms with E-state index in [1.165, 1.54) is 13.2 Å². The number of methoxy groups -OCH3 is 1. The van der Waals surface area contributed by atoms with Gasteiger partial charge in [-0.05, 0) is 12.5 Å². The molecule has 4 nitrogen and oxygen atoms in total. The second-order valence-electron chi connectivity index (χ2n) is 4.99. The first kappa shape index (κ1) is 14.2. The zero-order valence-corrected chi connectivity index (χ0v) is 12.5. The predicted molar refractivity (Wildman–Crippen MR) is 84.5 cm³/mol. The molecule has 0 saturated carbocycles. The maximum Gasteiger partial charge on any atom is 0.196 e. The van der Waals surface area contributed by atoms with Crippen molar-refractivity contribution in [1.82, 2.24) is 0 Å². The average molecular weight is 296 g/mol. The number of fused-ring (bicyclic) bond motifs is 1. The Labute approximate surface area is 127 Å². The van der Waals surface area contributed by atoms with Crippen LogP contribution in [0.25, 0.3) is 11.0 Å². The third-order valence-corrected chi connectivity index (χ3v) is 3.36. The fraction of sp³-hybridized carbons (Fsp3) is 0.167. The Bertz CT molecular complexity index is 850. The van der Waals surface area contributed by atoms with Gasteiger partial charge in [-0.1, -0.05) is 30.3 Å². The Kier molecular flexibility index (Phi) is 3.83. The molecule has 4 heteroatoms. The Morgan fingerprint density at radius 1 is 1.09 bits per heavy atom. The molecule has 2 aromatic carbocycles. The molecule has 22 heavy (non-hydrogen) atoms. The molecular weight excluding hydrogens is 280 g/mol. The van der Waals surface area contributed by atoms with Gasteiger partial charge in [-0.15, -0.1) is 0 Å². The number of ether oxygens (including phenoxy) is 2. The van der Waals surface area contributed by atoms with Crippen LogP contribution < -0.4 is 14.9 Å². The first-order chi connectivity index (χ1) is 10.7. The van der Waals surface area contributed by atoms with Crippen LogP contribution in [0.1, 0.15) is 11.3 Å². The highest BCUT2D eigenvalue weighted by atomic mass is 16.5. The Hall–Kier alpha value is -2.75. The Morgan fingerprint density at radius 2 is 1.86 bits per heavy atom. The Balaban J connectivity index is 1.99. The average Bonchev–Trinajstić information content (AvgIpc) is 2.52. The quantitative estimate of drug-likeness (QED) is 0.736. The first-order valence-corrected chi connectivity index (χ1v) is 6.96. The van der Waals surface area contributed by atoms with Gasteiger partial charge in [-0.25, -0.2) is 0 Å². The minimum absolute atomic E-state index is 0.120. The summed E-state index contributed by atoms with van der Waals surface area (Å²) in [4.78, 5) is 12.1. The topological polar surface area (TPSA) is 48.7 Å². The summed E-state index contributed by atoms with van der Waals surface area (Å²) in [5.74, 6) is 1.61. The normalized spacial score (nSPS) is 10.6. The third kappa shape index (κ3) is 2.81.